The van der Waals surface area contributed by atoms with Gasteiger partial charge in [-0.1, -0.05) is 33.8 Å². The smallest absolute Gasteiger partial charge is 0.316 e. The lowest BCUT2D eigenvalue weighted by Crippen LogP contribution is -2.63. The fraction of sp³-hybridized carbons (Fsp3) is 0.714. The second kappa shape index (κ2) is 12.7. The highest BCUT2D eigenvalue weighted by molar-refractivity contribution is 8.00. The quantitative estimate of drug-likeness (QED) is 0.315. The average molecular weight is 652 g/mol. The molecule has 3 saturated carbocycles. The zero-order chi connectivity index (χ0) is 32.9. The second-order valence-corrected chi connectivity index (χ2v) is 16.2. The van der Waals surface area contributed by atoms with E-state index >= 15 is 0 Å². The number of esters is 1. The van der Waals surface area contributed by atoms with Crippen LogP contribution in [0.4, 0.5) is 0 Å². The number of amides is 1. The lowest BCUT2D eigenvalue weighted by atomic mass is 9.44. The Balaban J connectivity index is 1.06. The van der Waals surface area contributed by atoms with Gasteiger partial charge in [0.25, 0.3) is 0 Å². The van der Waals surface area contributed by atoms with Gasteiger partial charge >= 0.3 is 5.97 Å². The minimum absolute atomic E-state index is 0.0518. The number of imidazole rings is 1. The molecule has 8 atom stereocenters. The summed E-state index contributed by atoms with van der Waals surface area (Å²) >= 11 is 1.60. The molecule has 1 aliphatic heterocycles. The van der Waals surface area contributed by atoms with E-state index in [-0.39, 0.29) is 51.8 Å². The van der Waals surface area contributed by atoms with Gasteiger partial charge in [-0.05, 0) is 55.8 Å². The lowest BCUT2D eigenvalue weighted by molar-refractivity contribution is -0.205. The Bertz CT molecular complexity index is 1490. The zero-order valence-electron chi connectivity index (χ0n) is 27.7. The van der Waals surface area contributed by atoms with E-state index in [2.05, 4.69) is 42.3 Å². The molecule has 0 radical (unpaired) electrons. The Kier molecular flexibility index (Phi) is 9.13. The van der Waals surface area contributed by atoms with Crippen LogP contribution in [0.15, 0.2) is 31.5 Å². The predicted molar refractivity (Wildman–Crippen MR) is 177 cm³/mol. The largest absolute Gasteiger partial charge is 0.461 e. The standard InChI is InChI=1S/C35H49N5O5S/c1-6-33(4)17-27(34(5)22(2)7-12-35(23(3)31(33)44)13-8-26(41)30(34)35)45-29(43)19-46-24-9-14-39(15-10-24)28(42)11-16-40-21-38-25-18-36-20-37-32(25)40/h6,18,20-24,27,30-31,44H,1,7-17,19H2,2-5H3/t22-,23+,27-,30-,31+,33-,34+,35+/m1/s1. The SMILES string of the molecule is C=C[C@]1(C)C[C@@H](OC(=O)CSC2CCN(C(=O)CCn3cnc4cncnc43)CC2)[C@]2(C)[C@H](C)CC[C@]3(CCC(=O)[C@@H]32)[C@@H](C)[C@@H]1O. The highest BCUT2D eigenvalue weighted by atomic mass is 32.2. The maximum Gasteiger partial charge on any atom is 0.316 e. The highest BCUT2D eigenvalue weighted by Gasteiger charge is 2.68. The fourth-order valence-corrected chi connectivity index (χ4v) is 10.5. The summed E-state index contributed by atoms with van der Waals surface area (Å²) in [5.74, 6) is 0.256. The van der Waals surface area contributed by atoms with Crippen LogP contribution < -0.4 is 0 Å². The Morgan fingerprint density at radius 2 is 1.93 bits per heavy atom. The van der Waals surface area contributed by atoms with Crippen molar-refractivity contribution in [1.82, 2.24) is 24.4 Å². The van der Waals surface area contributed by atoms with Crippen molar-refractivity contribution in [3.8, 4) is 0 Å². The zero-order valence-corrected chi connectivity index (χ0v) is 28.5. The Labute approximate surface area is 276 Å². The Morgan fingerprint density at radius 1 is 1.17 bits per heavy atom. The summed E-state index contributed by atoms with van der Waals surface area (Å²) in [5, 5.41) is 12.0. The Morgan fingerprint density at radius 3 is 2.67 bits per heavy atom. The summed E-state index contributed by atoms with van der Waals surface area (Å²) in [6, 6.07) is 0. The number of ether oxygens (including phenoxy) is 1. The molecule has 1 amide bonds. The molecule has 2 bridgehead atoms. The number of aryl methyl sites for hydroxylation is 1. The van der Waals surface area contributed by atoms with Crippen molar-refractivity contribution in [2.24, 2.45) is 34.0 Å². The van der Waals surface area contributed by atoms with Crippen LogP contribution in [-0.4, -0.2) is 83.5 Å². The molecule has 4 fully saturated rings. The maximum absolute atomic E-state index is 13.6. The van der Waals surface area contributed by atoms with Crippen molar-refractivity contribution in [2.75, 3.05) is 18.8 Å². The molecule has 2 aromatic rings. The highest BCUT2D eigenvalue weighted by Crippen LogP contribution is 2.68. The van der Waals surface area contributed by atoms with Gasteiger partial charge in [-0.15, -0.1) is 18.3 Å². The molecular formula is C35H49N5O5S. The predicted octanol–water partition coefficient (Wildman–Crippen LogP) is 4.85. The van der Waals surface area contributed by atoms with E-state index in [1.165, 1.54) is 6.33 Å². The van der Waals surface area contributed by atoms with Crippen LogP contribution in [0.2, 0.25) is 0 Å². The van der Waals surface area contributed by atoms with Crippen LogP contribution in [-0.2, 0) is 25.7 Å². The van der Waals surface area contributed by atoms with E-state index in [0.29, 0.717) is 44.4 Å². The molecule has 1 saturated heterocycles. The number of nitrogens with zero attached hydrogens (tertiary/aromatic N) is 5. The number of carbonyl (C=O) groups is 3. The summed E-state index contributed by atoms with van der Waals surface area (Å²) in [5.41, 5.74) is 0.00782. The lowest BCUT2D eigenvalue weighted by Gasteiger charge is -2.61. The first kappa shape index (κ1) is 33.1. The van der Waals surface area contributed by atoms with Crippen molar-refractivity contribution in [2.45, 2.75) is 103 Å². The molecule has 3 heterocycles. The van der Waals surface area contributed by atoms with Crippen molar-refractivity contribution in [3.63, 3.8) is 0 Å². The van der Waals surface area contributed by atoms with Crippen molar-refractivity contribution in [1.29, 1.82) is 0 Å². The number of thioether (sulfide) groups is 1. The van der Waals surface area contributed by atoms with Gasteiger partial charge in [-0.3, -0.25) is 14.4 Å². The number of hydrogen-bond donors (Lipinski definition) is 1. The molecule has 10 nitrogen and oxygen atoms in total. The molecule has 3 aliphatic carbocycles. The third-order valence-electron chi connectivity index (χ3n) is 12.7. The summed E-state index contributed by atoms with van der Waals surface area (Å²) < 4.78 is 8.30. The van der Waals surface area contributed by atoms with Gasteiger partial charge in [-0.25, -0.2) is 15.0 Å². The van der Waals surface area contributed by atoms with Gasteiger partial charge in [0.15, 0.2) is 5.65 Å². The second-order valence-electron chi connectivity index (χ2n) is 14.9. The van der Waals surface area contributed by atoms with Gasteiger partial charge in [-0.2, -0.15) is 0 Å². The Hall–Kier alpha value is -2.79. The normalized spacial score (nSPS) is 36.6. The van der Waals surface area contributed by atoms with Crippen molar-refractivity contribution >= 4 is 40.6 Å². The van der Waals surface area contributed by atoms with Crippen molar-refractivity contribution < 1.29 is 24.2 Å². The molecule has 2 aromatic heterocycles. The van der Waals surface area contributed by atoms with Gasteiger partial charge in [0, 0.05) is 54.5 Å². The monoisotopic (exact) mass is 651 g/mol. The minimum atomic E-state index is -0.673. The van der Waals surface area contributed by atoms with Crippen molar-refractivity contribution in [3.05, 3.63) is 31.5 Å². The summed E-state index contributed by atoms with van der Waals surface area (Å²) in [6.07, 6.45) is 11.2. The van der Waals surface area contributed by atoms with Gasteiger partial charge in [0.1, 0.15) is 23.7 Å². The number of fused-ring (bicyclic) bond motifs is 1. The van der Waals surface area contributed by atoms with E-state index in [4.69, 9.17) is 4.74 Å². The minimum Gasteiger partial charge on any atom is -0.461 e. The molecular weight excluding hydrogens is 602 g/mol. The number of carbonyl (C=O) groups excluding carboxylic acids is 3. The summed E-state index contributed by atoms with van der Waals surface area (Å²) in [7, 11) is 0. The van der Waals surface area contributed by atoms with Gasteiger partial charge in [0.05, 0.1) is 24.4 Å². The van der Waals surface area contributed by atoms with Crippen LogP contribution in [0.5, 0.6) is 0 Å². The third kappa shape index (κ3) is 5.59. The number of ketones is 1. The summed E-state index contributed by atoms with van der Waals surface area (Å²) in [6.45, 7) is 14.5. The maximum atomic E-state index is 13.6. The van der Waals surface area contributed by atoms with E-state index < -0.39 is 23.0 Å². The van der Waals surface area contributed by atoms with E-state index in [1.54, 1.807) is 24.3 Å². The number of rotatable bonds is 8. The molecule has 0 unspecified atom stereocenters. The van der Waals surface area contributed by atoms with Crippen LogP contribution in [0.3, 0.4) is 0 Å². The van der Waals surface area contributed by atoms with E-state index in [9.17, 15) is 19.5 Å². The topological polar surface area (TPSA) is 128 Å². The van der Waals surface area contributed by atoms with Crippen LogP contribution in [0.1, 0.15) is 79.1 Å². The molecule has 6 rings (SSSR count). The van der Waals surface area contributed by atoms with Gasteiger partial charge in [0.2, 0.25) is 5.91 Å². The number of hydrogen-bond acceptors (Lipinski definition) is 9. The summed E-state index contributed by atoms with van der Waals surface area (Å²) in [4.78, 5) is 54.6. The first-order valence-corrected chi connectivity index (χ1v) is 18.0. The molecule has 11 heteroatoms. The number of piperidine rings is 1. The first-order chi connectivity index (χ1) is 21.9. The average Bonchev–Trinajstić information content (AvgIpc) is 3.64. The number of likely N-dealkylation sites (tertiary alicyclic amines) is 1. The van der Waals surface area contributed by atoms with Gasteiger partial charge < -0.3 is 19.3 Å². The van der Waals surface area contributed by atoms with E-state index in [0.717, 1.165) is 37.8 Å². The van der Waals surface area contributed by atoms with Crippen LogP contribution >= 0.6 is 11.8 Å². The number of aliphatic hydroxyl groups is 1. The van der Waals surface area contributed by atoms with E-state index in [1.807, 2.05) is 22.5 Å². The number of aliphatic hydroxyl groups excluding tert-OH is 1. The number of aromatic nitrogens is 4. The molecule has 46 heavy (non-hydrogen) atoms. The molecule has 0 spiro atoms. The third-order valence-corrected chi connectivity index (χ3v) is 14.0. The van der Waals surface area contributed by atoms with Crippen LogP contribution in [0, 0.1) is 34.0 Å². The van der Waals surface area contributed by atoms with Crippen LogP contribution in [0.25, 0.3) is 11.2 Å². The number of Topliss-reactive ketones (excluding diaryl/α,β-unsaturated/α-hetero) is 1. The molecule has 4 aliphatic rings. The molecule has 0 aromatic carbocycles. The molecule has 1 N–H and O–H groups in total. The molecule has 250 valence electrons. The first-order valence-electron chi connectivity index (χ1n) is 17.0. The fourth-order valence-electron chi connectivity index (χ4n) is 9.50.